The molecule has 0 aromatic carbocycles. The molecule has 0 spiro atoms. The van der Waals surface area contributed by atoms with E-state index < -0.39 is 0 Å². The van der Waals surface area contributed by atoms with Gasteiger partial charge in [-0.25, -0.2) is 0 Å². The first kappa shape index (κ1) is 12.1. The van der Waals surface area contributed by atoms with Gasteiger partial charge in [-0.05, 0) is 24.1 Å². The van der Waals surface area contributed by atoms with E-state index in [0.717, 1.165) is 12.3 Å². The van der Waals surface area contributed by atoms with E-state index in [1.165, 1.54) is 5.57 Å². The Bertz CT molecular complexity index is 296. The van der Waals surface area contributed by atoms with Crippen LogP contribution >= 0.6 is 0 Å². The number of hydrogen-bond acceptors (Lipinski definition) is 2. The fraction of sp³-hybridized carbons (Fsp3) is 0.538. The molecule has 0 fully saturated rings. The molecule has 0 aliphatic heterocycles. The minimum atomic E-state index is 0.517. The maximum atomic E-state index is 5.32. The van der Waals surface area contributed by atoms with Gasteiger partial charge in [-0.1, -0.05) is 33.3 Å². The predicted octanol–water partition coefficient (Wildman–Crippen LogP) is 3.32. The summed E-state index contributed by atoms with van der Waals surface area (Å²) in [6.45, 7) is 9.65. The smallest absolute Gasteiger partial charge is 0.126 e. The molecule has 0 bridgehead atoms. The van der Waals surface area contributed by atoms with E-state index in [-0.39, 0.29) is 0 Å². The van der Waals surface area contributed by atoms with Crippen molar-refractivity contribution in [1.82, 2.24) is 5.32 Å². The van der Waals surface area contributed by atoms with Crippen LogP contribution in [0.2, 0.25) is 0 Å². The van der Waals surface area contributed by atoms with Gasteiger partial charge in [0.05, 0.1) is 6.26 Å². The highest BCUT2D eigenvalue weighted by atomic mass is 16.3. The number of furan rings is 1. The summed E-state index contributed by atoms with van der Waals surface area (Å²) in [6.07, 6.45) is 3.83. The normalized spacial score (nSPS) is 12.8. The maximum Gasteiger partial charge on any atom is 0.126 e. The summed E-state index contributed by atoms with van der Waals surface area (Å²) in [7, 11) is 0. The monoisotopic (exact) mass is 207 g/mol. The van der Waals surface area contributed by atoms with Crippen molar-refractivity contribution in [3.05, 3.63) is 29.7 Å². The third kappa shape index (κ3) is 4.34. The second-order valence-electron chi connectivity index (χ2n) is 4.42. The molecule has 1 rings (SSSR count). The Balaban J connectivity index is 2.65. The molecular weight excluding hydrogens is 186 g/mol. The van der Waals surface area contributed by atoms with Gasteiger partial charge in [0.15, 0.2) is 0 Å². The van der Waals surface area contributed by atoms with Crippen molar-refractivity contribution >= 4 is 6.08 Å². The van der Waals surface area contributed by atoms with Crippen LogP contribution < -0.4 is 5.32 Å². The summed E-state index contributed by atoms with van der Waals surface area (Å²) in [5.74, 6) is 1.48. The van der Waals surface area contributed by atoms with Crippen molar-refractivity contribution in [3.8, 4) is 0 Å². The lowest BCUT2D eigenvalue weighted by atomic mass is 10.0. The van der Waals surface area contributed by atoms with Crippen LogP contribution in [0.4, 0.5) is 0 Å². The lowest BCUT2D eigenvalue weighted by Gasteiger charge is -2.14. The molecule has 2 heteroatoms. The zero-order valence-electron chi connectivity index (χ0n) is 10.1. The first-order chi connectivity index (χ1) is 7.09. The molecule has 84 valence electrons. The highest BCUT2D eigenvalue weighted by molar-refractivity contribution is 5.48. The lowest BCUT2D eigenvalue weighted by molar-refractivity contribution is 0.552. The summed E-state index contributed by atoms with van der Waals surface area (Å²) in [6, 6.07) is 4.42. The Morgan fingerprint density at radius 3 is 2.60 bits per heavy atom. The van der Waals surface area contributed by atoms with Gasteiger partial charge >= 0.3 is 0 Å². The first-order valence-corrected chi connectivity index (χ1v) is 5.57. The van der Waals surface area contributed by atoms with E-state index in [2.05, 4.69) is 39.1 Å². The Labute approximate surface area is 92.4 Å². The molecular formula is C13H21NO. The molecule has 0 amide bonds. The predicted molar refractivity (Wildman–Crippen MR) is 64.7 cm³/mol. The average molecular weight is 207 g/mol. The van der Waals surface area contributed by atoms with Gasteiger partial charge < -0.3 is 9.73 Å². The zero-order valence-corrected chi connectivity index (χ0v) is 10.1. The van der Waals surface area contributed by atoms with Gasteiger partial charge in [0, 0.05) is 12.6 Å². The molecule has 1 aromatic heterocycles. The summed E-state index contributed by atoms with van der Waals surface area (Å²) in [5, 5.41) is 3.43. The summed E-state index contributed by atoms with van der Waals surface area (Å²) >= 11 is 0. The molecule has 0 aliphatic carbocycles. The Kier molecular flexibility index (Phi) is 4.63. The van der Waals surface area contributed by atoms with Crippen molar-refractivity contribution in [1.29, 1.82) is 0 Å². The van der Waals surface area contributed by atoms with Crippen molar-refractivity contribution in [2.24, 2.45) is 5.92 Å². The molecule has 0 atom stereocenters. The quantitative estimate of drug-likeness (QED) is 0.801. The SMILES string of the molecule is CC(C)NCC(=Cc1ccco1)C(C)C. The standard InChI is InChI=1S/C13H21NO/c1-10(2)12(9-14-11(3)4)8-13-6-5-7-15-13/h5-8,10-11,14H,9H2,1-4H3. The van der Waals surface area contributed by atoms with Gasteiger partial charge in [-0.3, -0.25) is 0 Å². The Morgan fingerprint density at radius 1 is 1.40 bits per heavy atom. The topological polar surface area (TPSA) is 25.2 Å². The fourth-order valence-electron chi connectivity index (χ4n) is 1.30. The van der Waals surface area contributed by atoms with Crippen LogP contribution in [0.25, 0.3) is 6.08 Å². The van der Waals surface area contributed by atoms with Crippen molar-refractivity contribution < 1.29 is 4.42 Å². The van der Waals surface area contributed by atoms with Crippen LogP contribution in [0.1, 0.15) is 33.5 Å². The van der Waals surface area contributed by atoms with E-state index in [0.29, 0.717) is 12.0 Å². The molecule has 0 aliphatic rings. The number of rotatable bonds is 5. The van der Waals surface area contributed by atoms with Crippen LogP contribution in [-0.2, 0) is 0 Å². The number of hydrogen-bond donors (Lipinski definition) is 1. The second kappa shape index (κ2) is 5.76. The minimum absolute atomic E-state index is 0.517. The molecule has 0 unspecified atom stereocenters. The van der Waals surface area contributed by atoms with E-state index in [1.807, 2.05) is 12.1 Å². The van der Waals surface area contributed by atoms with Crippen molar-refractivity contribution in [2.75, 3.05) is 6.54 Å². The fourth-order valence-corrected chi connectivity index (χ4v) is 1.30. The van der Waals surface area contributed by atoms with Crippen LogP contribution in [0.15, 0.2) is 28.4 Å². The van der Waals surface area contributed by atoms with Gasteiger partial charge in [0.25, 0.3) is 0 Å². The summed E-state index contributed by atoms with van der Waals surface area (Å²) in [4.78, 5) is 0. The van der Waals surface area contributed by atoms with E-state index in [1.54, 1.807) is 6.26 Å². The van der Waals surface area contributed by atoms with Gasteiger partial charge in [-0.2, -0.15) is 0 Å². The maximum absolute atomic E-state index is 5.32. The molecule has 0 saturated carbocycles. The third-order valence-electron chi connectivity index (χ3n) is 2.33. The van der Waals surface area contributed by atoms with Gasteiger partial charge in [0.1, 0.15) is 5.76 Å². The van der Waals surface area contributed by atoms with Crippen LogP contribution in [-0.4, -0.2) is 12.6 Å². The molecule has 0 saturated heterocycles. The Morgan fingerprint density at radius 2 is 2.13 bits per heavy atom. The Hall–Kier alpha value is -1.02. The van der Waals surface area contributed by atoms with E-state index in [4.69, 9.17) is 4.42 Å². The molecule has 15 heavy (non-hydrogen) atoms. The van der Waals surface area contributed by atoms with Crippen LogP contribution in [0.5, 0.6) is 0 Å². The van der Waals surface area contributed by atoms with E-state index in [9.17, 15) is 0 Å². The van der Waals surface area contributed by atoms with E-state index >= 15 is 0 Å². The summed E-state index contributed by atoms with van der Waals surface area (Å²) < 4.78 is 5.32. The summed E-state index contributed by atoms with van der Waals surface area (Å²) in [5.41, 5.74) is 1.37. The molecule has 2 nitrogen and oxygen atoms in total. The minimum Gasteiger partial charge on any atom is -0.465 e. The molecule has 1 aromatic rings. The molecule has 1 N–H and O–H groups in total. The largest absolute Gasteiger partial charge is 0.465 e. The van der Waals surface area contributed by atoms with Crippen molar-refractivity contribution in [2.45, 2.75) is 33.7 Å². The van der Waals surface area contributed by atoms with Crippen molar-refractivity contribution in [3.63, 3.8) is 0 Å². The highest BCUT2D eigenvalue weighted by Gasteiger charge is 2.05. The highest BCUT2D eigenvalue weighted by Crippen LogP contribution is 2.14. The van der Waals surface area contributed by atoms with Gasteiger partial charge in [0.2, 0.25) is 0 Å². The average Bonchev–Trinajstić information content (AvgIpc) is 2.63. The first-order valence-electron chi connectivity index (χ1n) is 5.57. The van der Waals surface area contributed by atoms with Crippen LogP contribution in [0, 0.1) is 5.92 Å². The second-order valence-corrected chi connectivity index (χ2v) is 4.42. The third-order valence-corrected chi connectivity index (χ3v) is 2.33. The van der Waals surface area contributed by atoms with Crippen LogP contribution in [0.3, 0.4) is 0 Å². The zero-order chi connectivity index (χ0) is 11.3. The van der Waals surface area contributed by atoms with Gasteiger partial charge in [-0.15, -0.1) is 0 Å². The number of nitrogens with one attached hydrogen (secondary N) is 1. The lowest BCUT2D eigenvalue weighted by Crippen LogP contribution is -2.26. The molecule has 0 radical (unpaired) electrons. The molecule has 1 heterocycles.